The van der Waals surface area contributed by atoms with E-state index in [2.05, 4.69) is 39.9 Å². The fraction of sp³-hybridized carbons (Fsp3) is 0.464. The smallest absolute Gasteiger partial charge is 0.416 e. The van der Waals surface area contributed by atoms with Gasteiger partial charge in [-0.3, -0.25) is 39.1 Å². The van der Waals surface area contributed by atoms with E-state index in [1.165, 1.54) is 77.0 Å². The summed E-state index contributed by atoms with van der Waals surface area (Å²) in [7, 11) is 6.12. The minimum absolute atomic E-state index is 0.0248. The van der Waals surface area contributed by atoms with E-state index in [9.17, 15) is 71.9 Å². The van der Waals surface area contributed by atoms with Gasteiger partial charge in [0.25, 0.3) is 0 Å². The van der Waals surface area contributed by atoms with E-state index < -0.39 is 47.0 Å². The Balaban J connectivity index is 0.000000161. The predicted octanol–water partition coefficient (Wildman–Crippen LogP) is 27.4. The first-order chi connectivity index (χ1) is 69.2. The number of ether oxygens (including phenoxy) is 8. The third kappa shape index (κ3) is 29.2. The average Bonchev–Trinajstić information content (AvgIpc) is 0.791. The van der Waals surface area contributed by atoms with Gasteiger partial charge < -0.3 is 37.9 Å². The molecule has 16 rings (SSSR count). The molecule has 8 aromatic heterocycles. The van der Waals surface area contributed by atoms with Crippen molar-refractivity contribution < 1.29 is 110 Å². The lowest BCUT2D eigenvalue weighted by atomic mass is 9.72. The second kappa shape index (κ2) is 51.2. The van der Waals surface area contributed by atoms with Gasteiger partial charge in [-0.05, 0) is 345 Å². The van der Waals surface area contributed by atoms with Crippen LogP contribution >= 0.6 is 0 Å². The molecule has 20 nitrogen and oxygen atoms in total. The van der Waals surface area contributed by atoms with Crippen LogP contribution in [0.2, 0.25) is 0 Å². The van der Waals surface area contributed by atoms with Gasteiger partial charge in [-0.15, -0.1) is 0 Å². The molecule has 768 valence electrons. The molecule has 4 saturated carbocycles. The number of ketones is 4. The molecular weight excluding hydrogens is 1880 g/mol. The molecule has 0 bridgehead atoms. The molecule has 4 fully saturated rings. The molecule has 32 heteroatoms. The summed E-state index contributed by atoms with van der Waals surface area (Å²) in [4.78, 5) is 85.5. The van der Waals surface area contributed by atoms with E-state index in [0.717, 1.165) is 149 Å². The van der Waals surface area contributed by atoms with Crippen molar-refractivity contribution in [2.24, 2.45) is 47.3 Å². The van der Waals surface area contributed by atoms with Crippen molar-refractivity contribution in [2.75, 3.05) is 81.3 Å². The monoisotopic (exact) mass is 2000 g/mol. The minimum atomic E-state index is -4.39. The number of carbonyl (C=O) groups is 4. The van der Waals surface area contributed by atoms with Crippen molar-refractivity contribution >= 4 is 66.7 Å². The molecule has 144 heavy (non-hydrogen) atoms. The van der Waals surface area contributed by atoms with Gasteiger partial charge in [0, 0.05) is 170 Å². The van der Waals surface area contributed by atoms with Crippen LogP contribution in [-0.2, 0) is 43.7 Å². The van der Waals surface area contributed by atoms with E-state index in [4.69, 9.17) is 37.9 Å². The van der Waals surface area contributed by atoms with Crippen LogP contribution in [0.5, 0.6) is 23.5 Å². The third-order valence-corrected chi connectivity index (χ3v) is 28.9. The number of Topliss-reactive ketones (excluding diaryl/α,β-unsaturated/α-hetero) is 4. The van der Waals surface area contributed by atoms with E-state index >= 15 is 0 Å². The zero-order chi connectivity index (χ0) is 103. The molecule has 0 saturated heterocycles. The summed E-state index contributed by atoms with van der Waals surface area (Å²) >= 11 is 0. The molecule has 8 heterocycles. The Kier molecular flexibility index (Phi) is 38.8. The summed E-state index contributed by atoms with van der Waals surface area (Å²) in [5.41, 5.74) is 5.60. The highest BCUT2D eigenvalue weighted by atomic mass is 19.4. The Bertz CT molecular complexity index is 5440. The normalized spacial score (nSPS) is 19.2. The maximum Gasteiger partial charge on any atom is 0.416 e. The molecule has 4 aliphatic carbocycles. The number of hydrogen-bond donors (Lipinski definition) is 0. The summed E-state index contributed by atoms with van der Waals surface area (Å²) in [5, 5.41) is 2.29. The second-order valence-corrected chi connectivity index (χ2v) is 37.5. The topological polar surface area (TPSA) is 245 Å². The molecule has 0 radical (unpaired) electrons. The number of pyridine rings is 8. The first-order valence-corrected chi connectivity index (χ1v) is 49.5. The van der Waals surface area contributed by atoms with Crippen LogP contribution in [0.1, 0.15) is 266 Å². The number of nitrogens with zero attached hydrogens (tertiary/aromatic N) is 8. The highest BCUT2D eigenvalue weighted by molar-refractivity contribution is 5.98. The van der Waals surface area contributed by atoms with E-state index in [1.807, 2.05) is 52.0 Å². The fourth-order valence-electron chi connectivity index (χ4n) is 21.0. The van der Waals surface area contributed by atoms with Gasteiger partial charge in [-0.2, -0.15) is 52.7 Å². The summed E-state index contributed by atoms with van der Waals surface area (Å²) in [6.07, 6.45) is 10.7. The number of halogens is 12. The number of methoxy groups -OCH3 is 4. The fourth-order valence-corrected chi connectivity index (χ4v) is 21.0. The molecule has 0 spiro atoms. The molecule has 0 aliphatic heterocycles. The van der Waals surface area contributed by atoms with Gasteiger partial charge in [-0.25, -0.2) is 19.9 Å². The third-order valence-electron chi connectivity index (χ3n) is 28.9. The number of hydrogen-bond acceptors (Lipinski definition) is 20. The molecule has 0 N–H and O–H groups in total. The highest BCUT2D eigenvalue weighted by Crippen LogP contribution is 2.49. The molecule has 4 aromatic carbocycles. The highest BCUT2D eigenvalue weighted by Gasteiger charge is 2.40. The van der Waals surface area contributed by atoms with Gasteiger partial charge in [0.1, 0.15) is 0 Å². The molecule has 0 unspecified atom stereocenters. The van der Waals surface area contributed by atoms with Crippen molar-refractivity contribution in [1.82, 2.24) is 39.9 Å². The SMILES string of the molecule is CCOC[C@@H](CC(=O)c1ccc(OC)nc1)C1CCC(c2ccnc3ccc(C(F)(F)F)cc23)CC1.CCOC[C@@H](CC(=O)c1ccc(OC)nc1)C1CCC(c2ccnc3ccc(C(F)(F)F)cc23)CC1.CCOC[C@H](CC(=O)c1ccc(OC)nc1)C1CCC(c2ccnc3ccc(C(F)(F)F)cc23)CC1.CCOC[C@H](CC(=O)c1ccc(OC)nc1)C1CCC(c2ccnc3ccc(C(F)(F)F)cc23)CC1. The second-order valence-electron chi connectivity index (χ2n) is 37.5. The first-order valence-electron chi connectivity index (χ1n) is 49.5. The van der Waals surface area contributed by atoms with Crippen LogP contribution in [0.25, 0.3) is 43.6 Å². The standard InChI is InChI=1S/4C28H31F3N2O3/c4*1-3-36-17-21(14-26(34)20-8-11-27(35-2)33-16-20)18-4-6-19(7-5-18)23-12-13-32-25-10-9-22(15-24(23)25)28(29,30)31/h4*8-13,15-16,18-19,21H,3-7,14,17H2,1-2H3/t4*18?,19?,21-/m1100/s1. The summed E-state index contributed by atoms with van der Waals surface area (Å²) in [6.45, 7) is 12.1. The largest absolute Gasteiger partial charge is 0.481 e. The number of alkyl halides is 12. The summed E-state index contributed by atoms with van der Waals surface area (Å²) < 4.78 is 203. The zero-order valence-corrected chi connectivity index (χ0v) is 82.2. The number of benzene rings is 4. The van der Waals surface area contributed by atoms with Crippen molar-refractivity contribution in [1.29, 1.82) is 0 Å². The molecule has 4 atom stereocenters. The number of rotatable bonds is 36. The Hall–Kier alpha value is -12.0. The van der Waals surface area contributed by atoms with Gasteiger partial charge in [0.15, 0.2) is 23.1 Å². The lowest BCUT2D eigenvalue weighted by Gasteiger charge is -2.34. The lowest BCUT2D eigenvalue weighted by molar-refractivity contribution is -0.138. The molecule has 12 aromatic rings. The minimum Gasteiger partial charge on any atom is -0.481 e. The molecule has 4 aliphatic rings. The van der Waals surface area contributed by atoms with Crippen LogP contribution in [0.15, 0.2) is 195 Å². The van der Waals surface area contributed by atoms with Gasteiger partial charge in [0.2, 0.25) is 23.5 Å². The van der Waals surface area contributed by atoms with Gasteiger partial charge in [0.05, 0.1) is 99.2 Å². The first kappa shape index (κ1) is 109. The Labute approximate surface area is 830 Å². The average molecular weight is 2000 g/mol. The lowest BCUT2D eigenvalue weighted by Crippen LogP contribution is -2.27. The quantitative estimate of drug-likeness (QED) is 0.0262. The predicted molar refractivity (Wildman–Crippen MR) is 525 cm³/mol. The van der Waals surface area contributed by atoms with Crippen molar-refractivity contribution in [3.05, 3.63) is 262 Å². The maximum absolute atomic E-state index is 13.3. The van der Waals surface area contributed by atoms with Crippen LogP contribution in [0, 0.1) is 47.3 Å². The number of fused-ring (bicyclic) bond motifs is 4. The zero-order valence-electron chi connectivity index (χ0n) is 82.2. The van der Waals surface area contributed by atoms with Crippen LogP contribution in [0.4, 0.5) is 52.7 Å². The van der Waals surface area contributed by atoms with Crippen molar-refractivity contribution in [3.8, 4) is 23.5 Å². The summed E-state index contributed by atoms with van der Waals surface area (Å²) in [5.74, 6) is 4.10. The maximum atomic E-state index is 13.3. The molecule has 0 amide bonds. The van der Waals surface area contributed by atoms with E-state index in [-0.39, 0.29) is 70.5 Å². The van der Waals surface area contributed by atoms with Gasteiger partial charge in [-0.1, -0.05) is 0 Å². The Morgan fingerprint density at radius 3 is 0.625 bits per heavy atom. The van der Waals surface area contributed by atoms with E-state index in [0.29, 0.717) is 192 Å². The number of carbonyl (C=O) groups excluding carboxylic acids is 4. The van der Waals surface area contributed by atoms with Crippen LogP contribution in [0.3, 0.4) is 0 Å². The number of aromatic nitrogens is 8. The summed E-state index contributed by atoms with van der Waals surface area (Å²) in [6, 6.07) is 36.1. The Morgan fingerprint density at radius 1 is 0.271 bits per heavy atom. The molecular formula is C112H124F12N8O12. The van der Waals surface area contributed by atoms with Gasteiger partial charge >= 0.3 is 24.7 Å². The van der Waals surface area contributed by atoms with E-state index in [1.54, 1.807) is 98.1 Å². The van der Waals surface area contributed by atoms with Crippen LogP contribution < -0.4 is 18.9 Å². The Morgan fingerprint density at radius 2 is 0.465 bits per heavy atom. The van der Waals surface area contributed by atoms with Crippen LogP contribution in [-0.4, -0.2) is 144 Å². The van der Waals surface area contributed by atoms with Crippen molar-refractivity contribution in [3.63, 3.8) is 0 Å². The van der Waals surface area contributed by atoms with Crippen molar-refractivity contribution in [2.45, 2.75) is 204 Å².